The molecule has 0 bridgehead atoms. The summed E-state index contributed by atoms with van der Waals surface area (Å²) in [7, 11) is 0. The minimum atomic E-state index is -0.897. The minimum Gasteiger partial charge on any atom is -0.550 e. The van der Waals surface area contributed by atoms with Crippen LogP contribution in [0, 0.1) is 0 Å². The zero-order valence-electron chi connectivity index (χ0n) is 23.5. The van der Waals surface area contributed by atoms with Crippen LogP contribution in [0.25, 0.3) is 0 Å². The van der Waals surface area contributed by atoms with E-state index in [1.807, 2.05) is 0 Å². The predicted octanol–water partition coefficient (Wildman–Crippen LogP) is 4.19. The van der Waals surface area contributed by atoms with Crippen LogP contribution in [0.2, 0.25) is 0 Å². The molecule has 4 fully saturated rings. The van der Waals surface area contributed by atoms with Gasteiger partial charge in [0.05, 0.1) is 0 Å². The molecular weight excluding hydrogens is 518 g/mol. The van der Waals surface area contributed by atoms with Crippen LogP contribution in [0.15, 0.2) is 0 Å². The molecule has 7 heteroatoms. The fourth-order valence-corrected chi connectivity index (χ4v) is 7.42. The van der Waals surface area contributed by atoms with Gasteiger partial charge in [-0.1, -0.05) is 77.0 Å². The first kappa shape index (κ1) is 32.7. The largest absolute Gasteiger partial charge is 2.00 e. The van der Waals surface area contributed by atoms with E-state index in [0.717, 1.165) is 0 Å². The van der Waals surface area contributed by atoms with Crippen LogP contribution < -0.4 is 10.2 Å². The number of aliphatic carboxylic acids is 2. The fraction of sp³-hybridized carbons (Fsp3) is 0.933. The number of carboxylic acid groups (broad SMARTS) is 2. The summed E-state index contributed by atoms with van der Waals surface area (Å²) in [5.41, 5.74) is 0. The maximum atomic E-state index is 10.7. The normalized spacial score (nSPS) is 22.8. The van der Waals surface area contributed by atoms with Crippen LogP contribution >= 0.6 is 0 Å². The van der Waals surface area contributed by atoms with Gasteiger partial charge in [-0.05, 0) is 64.2 Å². The Hall–Kier alpha value is -0.517. The van der Waals surface area contributed by atoms with E-state index >= 15 is 0 Å². The third-order valence-electron chi connectivity index (χ3n) is 9.32. The zero-order valence-corrected chi connectivity index (χ0v) is 26.5. The molecule has 0 aromatic carbocycles. The van der Waals surface area contributed by atoms with Gasteiger partial charge in [0.2, 0.25) is 0 Å². The number of carbonyl (C=O) groups is 2. The number of rotatable bonds is 10. The van der Waals surface area contributed by atoms with Crippen LogP contribution in [-0.2, 0) is 29.1 Å². The monoisotopic (exact) mass is 568 g/mol. The Balaban J connectivity index is 0.000000253. The summed E-state index contributed by atoms with van der Waals surface area (Å²) in [6.45, 7) is 1.41. The Morgan fingerprint density at radius 3 is 0.865 bits per heavy atom. The predicted molar refractivity (Wildman–Crippen MR) is 140 cm³/mol. The molecule has 0 N–H and O–H groups in total. The van der Waals surface area contributed by atoms with Crippen molar-refractivity contribution in [3.8, 4) is 0 Å². The van der Waals surface area contributed by atoms with E-state index < -0.39 is 11.9 Å². The number of hydrogen-bond donors (Lipinski definition) is 0. The third kappa shape index (κ3) is 12.0. The molecule has 0 radical (unpaired) electrons. The zero-order chi connectivity index (χ0) is 25.6. The van der Waals surface area contributed by atoms with Crippen LogP contribution in [0.1, 0.15) is 141 Å². The summed E-state index contributed by atoms with van der Waals surface area (Å²) in [4.78, 5) is 26.5. The van der Waals surface area contributed by atoms with E-state index in [-0.39, 0.29) is 32.3 Å². The molecule has 4 aliphatic carbocycles. The molecule has 0 aromatic heterocycles. The second-order valence-electron chi connectivity index (χ2n) is 11.9. The fourth-order valence-electron chi connectivity index (χ4n) is 7.42. The SMILES string of the molecule is O=C([O-])CCN(C1CCCCC1)C1CCCCC1.O=C([O-])CCN(C1CCCCC1)C1CCCCC1.[Zn+2]. The van der Waals surface area contributed by atoms with Gasteiger partial charge in [-0.25, -0.2) is 0 Å². The van der Waals surface area contributed by atoms with Gasteiger partial charge in [0.25, 0.3) is 0 Å². The molecule has 4 rings (SSSR count). The van der Waals surface area contributed by atoms with Crippen molar-refractivity contribution >= 4 is 11.9 Å². The van der Waals surface area contributed by atoms with Crippen LogP contribution in [0.3, 0.4) is 0 Å². The molecule has 0 aromatic rings. The Labute approximate surface area is 239 Å². The van der Waals surface area contributed by atoms with Gasteiger partial charge in [0.15, 0.2) is 0 Å². The molecule has 4 aliphatic rings. The van der Waals surface area contributed by atoms with Crippen molar-refractivity contribution < 1.29 is 39.3 Å². The topological polar surface area (TPSA) is 86.7 Å². The van der Waals surface area contributed by atoms with Crippen molar-refractivity contribution in [3.63, 3.8) is 0 Å². The number of carbonyl (C=O) groups excluding carboxylic acids is 2. The van der Waals surface area contributed by atoms with E-state index in [1.165, 1.54) is 128 Å². The van der Waals surface area contributed by atoms with E-state index in [2.05, 4.69) is 9.80 Å². The molecule has 0 atom stereocenters. The van der Waals surface area contributed by atoms with Gasteiger partial charge in [-0.2, -0.15) is 0 Å². The Morgan fingerprint density at radius 1 is 0.459 bits per heavy atom. The summed E-state index contributed by atoms with van der Waals surface area (Å²) in [6.07, 6.45) is 26.5. The van der Waals surface area contributed by atoms with Crippen LogP contribution in [-0.4, -0.2) is 59.0 Å². The first-order valence-electron chi connectivity index (χ1n) is 15.5. The molecule has 0 heterocycles. The molecule has 0 spiro atoms. The van der Waals surface area contributed by atoms with Gasteiger partial charge in [0, 0.05) is 49.2 Å². The molecule has 208 valence electrons. The van der Waals surface area contributed by atoms with Gasteiger partial charge in [-0.3, -0.25) is 9.80 Å². The second-order valence-corrected chi connectivity index (χ2v) is 11.9. The maximum Gasteiger partial charge on any atom is 2.00 e. The summed E-state index contributed by atoms with van der Waals surface area (Å²) in [6, 6.07) is 2.56. The smallest absolute Gasteiger partial charge is 0.550 e. The first-order chi connectivity index (χ1) is 17.5. The number of nitrogens with zero attached hydrogens (tertiary/aromatic N) is 2. The van der Waals surface area contributed by atoms with Crippen molar-refractivity contribution in [2.45, 2.75) is 165 Å². The average molecular weight is 570 g/mol. The van der Waals surface area contributed by atoms with Crippen molar-refractivity contribution in [2.75, 3.05) is 13.1 Å². The molecular formula is C30H52N2O4Zn. The quantitative estimate of drug-likeness (QED) is 0.367. The summed E-state index contributed by atoms with van der Waals surface area (Å²) < 4.78 is 0. The summed E-state index contributed by atoms with van der Waals surface area (Å²) >= 11 is 0. The minimum absolute atomic E-state index is 0. The molecule has 0 unspecified atom stereocenters. The van der Waals surface area contributed by atoms with Crippen LogP contribution in [0.5, 0.6) is 0 Å². The Bertz CT molecular complexity index is 535. The van der Waals surface area contributed by atoms with Crippen LogP contribution in [0.4, 0.5) is 0 Å². The van der Waals surface area contributed by atoms with Crippen molar-refractivity contribution in [3.05, 3.63) is 0 Å². The van der Waals surface area contributed by atoms with Crippen molar-refractivity contribution in [1.82, 2.24) is 9.80 Å². The Kier molecular flexibility index (Phi) is 16.5. The maximum absolute atomic E-state index is 10.7. The summed E-state index contributed by atoms with van der Waals surface area (Å²) in [5, 5.41) is 21.5. The van der Waals surface area contributed by atoms with Crippen molar-refractivity contribution in [2.24, 2.45) is 0 Å². The first-order valence-corrected chi connectivity index (χ1v) is 15.5. The van der Waals surface area contributed by atoms with E-state index in [4.69, 9.17) is 0 Å². The molecule has 0 amide bonds. The average Bonchev–Trinajstić information content (AvgIpc) is 2.91. The van der Waals surface area contributed by atoms with Gasteiger partial charge >= 0.3 is 19.5 Å². The number of carboxylic acids is 2. The molecule has 4 saturated carbocycles. The van der Waals surface area contributed by atoms with Gasteiger partial charge < -0.3 is 19.8 Å². The standard InChI is InChI=1S/2C15H27NO2.Zn/c2*17-15(18)11-12-16(13-7-3-1-4-8-13)14-9-5-2-6-10-14;/h2*13-14H,1-12H2,(H,17,18);/q;;+2/p-2. The van der Waals surface area contributed by atoms with E-state index in [9.17, 15) is 19.8 Å². The molecule has 6 nitrogen and oxygen atoms in total. The van der Waals surface area contributed by atoms with E-state index in [0.29, 0.717) is 37.3 Å². The summed E-state index contributed by atoms with van der Waals surface area (Å²) in [5.74, 6) is -1.79. The number of hydrogen-bond acceptors (Lipinski definition) is 6. The molecule has 37 heavy (non-hydrogen) atoms. The third-order valence-corrected chi connectivity index (χ3v) is 9.32. The molecule has 0 saturated heterocycles. The van der Waals surface area contributed by atoms with Crippen molar-refractivity contribution in [1.29, 1.82) is 0 Å². The van der Waals surface area contributed by atoms with Gasteiger partial charge in [0.1, 0.15) is 0 Å². The van der Waals surface area contributed by atoms with Gasteiger partial charge in [-0.15, -0.1) is 0 Å². The van der Waals surface area contributed by atoms with E-state index in [1.54, 1.807) is 0 Å². The Morgan fingerprint density at radius 2 is 0.676 bits per heavy atom. The molecule has 0 aliphatic heterocycles. The second kappa shape index (κ2) is 18.7.